The number of ether oxygens (including phenoxy) is 10. The topological polar surface area (TPSA) is 161 Å². The van der Waals surface area contributed by atoms with Gasteiger partial charge in [0, 0.05) is 0 Å². The van der Waals surface area contributed by atoms with E-state index in [4.69, 9.17) is 47.4 Å². The number of carbonyl (C=O) groups is 4. The van der Waals surface area contributed by atoms with E-state index in [1.807, 2.05) is 0 Å². The van der Waals surface area contributed by atoms with Gasteiger partial charge in [0.05, 0.1) is 50.8 Å². The highest BCUT2D eigenvalue weighted by molar-refractivity contribution is 5.98. The van der Waals surface area contributed by atoms with Gasteiger partial charge in [0.15, 0.2) is 0 Å². The van der Waals surface area contributed by atoms with Crippen LogP contribution in [0.4, 0.5) is 0 Å². The number of unbranched alkanes of at least 4 members (excludes halogenated alkanes) is 11. The van der Waals surface area contributed by atoms with Crippen LogP contribution in [0.5, 0.6) is 57.5 Å². The number of hydrogen-bond donors (Lipinski definition) is 0. The molecule has 0 saturated carbocycles. The summed E-state index contributed by atoms with van der Waals surface area (Å²) in [6.07, 6.45) is 15.0. The van der Waals surface area contributed by atoms with E-state index < -0.39 is 23.9 Å². The van der Waals surface area contributed by atoms with Crippen molar-refractivity contribution in [3.63, 3.8) is 0 Å². The van der Waals surface area contributed by atoms with Crippen molar-refractivity contribution in [2.24, 2.45) is 0 Å². The second-order valence-corrected chi connectivity index (χ2v) is 19.2. The molecule has 80 heavy (non-hydrogen) atoms. The van der Waals surface area contributed by atoms with E-state index in [2.05, 4.69) is 27.7 Å². The van der Waals surface area contributed by atoms with Crippen molar-refractivity contribution in [3.05, 3.63) is 156 Å². The summed E-state index contributed by atoms with van der Waals surface area (Å²) in [4.78, 5) is 53.8. The largest absolute Gasteiger partial charge is 0.494 e. The molecule has 0 radical (unpaired) electrons. The summed E-state index contributed by atoms with van der Waals surface area (Å²) in [7, 11) is 0. The Balaban J connectivity index is 0.980. The van der Waals surface area contributed by atoms with Gasteiger partial charge in [0.25, 0.3) is 0 Å². The molecule has 6 aromatic carbocycles. The molecular formula is C66H78O14. The van der Waals surface area contributed by atoms with Crippen LogP contribution in [0.3, 0.4) is 0 Å². The Bertz CT molecular complexity index is 2600. The molecule has 0 aliphatic rings. The SMILES string of the molecule is CCCCOc1ccc(OC(=O)c2ccc(C(=O)Oc3ccc(OCCCC)cc3)c(OCCCCCCCCCCOc3cc(C(=O)Oc4ccc(OCCCC)cc4)ccc3C(=O)Oc3ccc(OCCCC)cc3)c2)cc1. The Hall–Kier alpha value is -8.00. The molecule has 0 aliphatic heterocycles. The van der Waals surface area contributed by atoms with Gasteiger partial charge in [0.2, 0.25) is 0 Å². The summed E-state index contributed by atoms with van der Waals surface area (Å²) >= 11 is 0. The van der Waals surface area contributed by atoms with E-state index in [-0.39, 0.29) is 33.8 Å². The lowest BCUT2D eigenvalue weighted by molar-refractivity contribution is 0.0715. The molecule has 0 spiro atoms. The van der Waals surface area contributed by atoms with Gasteiger partial charge in [-0.05, 0) is 172 Å². The fraction of sp³-hybridized carbons (Fsp3) is 0.394. The van der Waals surface area contributed by atoms with E-state index >= 15 is 0 Å². The molecule has 0 atom stereocenters. The van der Waals surface area contributed by atoms with Gasteiger partial charge in [0.1, 0.15) is 68.6 Å². The molecule has 0 heterocycles. The van der Waals surface area contributed by atoms with Crippen molar-refractivity contribution in [1.82, 2.24) is 0 Å². The third kappa shape index (κ3) is 21.3. The van der Waals surface area contributed by atoms with Crippen LogP contribution >= 0.6 is 0 Å². The van der Waals surface area contributed by atoms with Gasteiger partial charge < -0.3 is 47.4 Å². The van der Waals surface area contributed by atoms with E-state index in [1.165, 1.54) is 36.4 Å². The quantitative estimate of drug-likeness (QED) is 0.0206. The average molecular weight is 1100 g/mol. The van der Waals surface area contributed by atoms with Crippen LogP contribution in [0.15, 0.2) is 133 Å². The van der Waals surface area contributed by atoms with Crippen molar-refractivity contribution >= 4 is 23.9 Å². The molecule has 0 bridgehead atoms. The Morgan fingerprint density at radius 1 is 0.263 bits per heavy atom. The molecule has 0 aromatic heterocycles. The Morgan fingerprint density at radius 2 is 0.500 bits per heavy atom. The first-order valence-corrected chi connectivity index (χ1v) is 28.5. The summed E-state index contributed by atoms with van der Waals surface area (Å²) in [5, 5.41) is 0. The Kier molecular flexibility index (Phi) is 26.6. The minimum Gasteiger partial charge on any atom is -0.494 e. The zero-order valence-electron chi connectivity index (χ0n) is 47.0. The molecule has 14 nitrogen and oxygen atoms in total. The summed E-state index contributed by atoms with van der Waals surface area (Å²) in [5.41, 5.74) is 0.780. The van der Waals surface area contributed by atoms with Gasteiger partial charge in [-0.25, -0.2) is 19.2 Å². The molecule has 426 valence electrons. The van der Waals surface area contributed by atoms with Crippen molar-refractivity contribution in [2.45, 2.75) is 130 Å². The van der Waals surface area contributed by atoms with Gasteiger partial charge in [-0.3, -0.25) is 0 Å². The minimum atomic E-state index is -0.628. The van der Waals surface area contributed by atoms with Crippen LogP contribution in [0.25, 0.3) is 0 Å². The fourth-order valence-electron chi connectivity index (χ4n) is 7.91. The standard InChI is InChI=1S/C66H78O14/c1-5-9-41-71-51-23-31-55(32-24-51)77-63(67)49-21-39-59(65(69)79-57-35-27-53(28-36-57)73-43-11-7-3)61(47-49)75-45-19-17-15-13-14-16-18-20-46-76-62-48-50(64(68)78-56-33-25-52(26-34-56)72-42-10-6-2)22-40-60(62)66(70)80-58-37-29-54(30-38-58)74-44-12-8-4/h21-40,47-48H,5-20,41-46H2,1-4H3. The van der Waals surface area contributed by atoms with Gasteiger partial charge in [-0.2, -0.15) is 0 Å². The maximum atomic E-state index is 13.6. The lowest BCUT2D eigenvalue weighted by atomic mass is 10.1. The van der Waals surface area contributed by atoms with Gasteiger partial charge >= 0.3 is 23.9 Å². The number of esters is 4. The highest BCUT2D eigenvalue weighted by atomic mass is 16.6. The molecule has 0 N–H and O–H groups in total. The molecule has 0 unspecified atom stereocenters. The average Bonchev–Trinajstić information content (AvgIpc) is 3.49. The first kappa shape index (κ1) is 61.2. The number of hydrogen-bond acceptors (Lipinski definition) is 14. The van der Waals surface area contributed by atoms with E-state index in [9.17, 15) is 19.2 Å². The summed E-state index contributed by atoms with van der Waals surface area (Å²) < 4.78 is 58.2. The van der Waals surface area contributed by atoms with Crippen LogP contribution in [-0.4, -0.2) is 63.5 Å². The van der Waals surface area contributed by atoms with Crippen LogP contribution < -0.4 is 47.4 Å². The molecule has 14 heteroatoms. The molecule has 0 fully saturated rings. The van der Waals surface area contributed by atoms with Crippen molar-refractivity contribution in [3.8, 4) is 57.5 Å². The fourth-order valence-corrected chi connectivity index (χ4v) is 7.91. The second kappa shape index (κ2) is 34.8. The molecule has 0 amide bonds. The maximum Gasteiger partial charge on any atom is 0.347 e. The molecular weight excluding hydrogens is 1020 g/mol. The highest BCUT2D eigenvalue weighted by Crippen LogP contribution is 2.29. The van der Waals surface area contributed by atoms with Gasteiger partial charge in [-0.15, -0.1) is 0 Å². The first-order chi connectivity index (χ1) is 39.2. The zero-order valence-corrected chi connectivity index (χ0v) is 47.0. The summed E-state index contributed by atoms with van der Waals surface area (Å²) in [6, 6.07) is 36.6. The van der Waals surface area contributed by atoms with Crippen molar-refractivity contribution in [1.29, 1.82) is 0 Å². The normalized spacial score (nSPS) is 10.8. The Morgan fingerprint density at radius 3 is 0.775 bits per heavy atom. The first-order valence-electron chi connectivity index (χ1n) is 28.5. The van der Waals surface area contributed by atoms with Crippen LogP contribution in [0.1, 0.15) is 172 Å². The third-order valence-electron chi connectivity index (χ3n) is 12.6. The summed E-state index contributed by atoms with van der Waals surface area (Å²) in [5.74, 6) is 2.12. The number of rotatable bonds is 37. The molecule has 6 aromatic rings. The lowest BCUT2D eigenvalue weighted by Crippen LogP contribution is -2.14. The number of carbonyl (C=O) groups excluding carboxylic acids is 4. The van der Waals surface area contributed by atoms with Gasteiger partial charge in [-0.1, -0.05) is 91.9 Å². The molecule has 6 rings (SSSR count). The Labute approximate surface area is 471 Å². The van der Waals surface area contributed by atoms with Crippen LogP contribution in [-0.2, 0) is 0 Å². The summed E-state index contributed by atoms with van der Waals surface area (Å²) in [6.45, 7) is 11.4. The number of benzene rings is 6. The van der Waals surface area contributed by atoms with E-state index in [0.717, 1.165) is 103 Å². The lowest BCUT2D eigenvalue weighted by Gasteiger charge is -2.14. The predicted octanol–water partition coefficient (Wildman–Crippen LogP) is 15.9. The monoisotopic (exact) mass is 1090 g/mol. The van der Waals surface area contributed by atoms with Crippen molar-refractivity contribution < 1.29 is 66.5 Å². The third-order valence-corrected chi connectivity index (χ3v) is 12.6. The molecule has 0 aliphatic carbocycles. The second-order valence-electron chi connectivity index (χ2n) is 19.2. The van der Waals surface area contributed by atoms with E-state index in [0.29, 0.717) is 85.6 Å². The highest BCUT2D eigenvalue weighted by Gasteiger charge is 2.22. The van der Waals surface area contributed by atoms with Crippen molar-refractivity contribution in [2.75, 3.05) is 39.6 Å². The van der Waals surface area contributed by atoms with Crippen LogP contribution in [0, 0.1) is 0 Å². The maximum absolute atomic E-state index is 13.6. The zero-order chi connectivity index (χ0) is 56.6. The van der Waals surface area contributed by atoms with E-state index in [1.54, 1.807) is 97.1 Å². The molecule has 0 saturated heterocycles. The predicted molar refractivity (Wildman–Crippen MR) is 308 cm³/mol. The smallest absolute Gasteiger partial charge is 0.347 e. The van der Waals surface area contributed by atoms with Crippen LogP contribution in [0.2, 0.25) is 0 Å². The minimum absolute atomic E-state index is 0.175.